The standard InChI is InChI=1S/C20H15ClN2O6S/c21-29-17-10-8-15(9-11-17)22-19(24)14-2-1-3-18(12-14)30(27,28)23-16-6-4-13(5-7-16)20(25)26/h1-12,23H,(H,22,24)(H,25,26). The zero-order valence-electron chi connectivity index (χ0n) is 15.2. The third-order valence-corrected chi connectivity index (χ3v) is 5.55. The number of benzene rings is 3. The molecule has 3 N–H and O–H groups in total. The number of carbonyl (C=O) groups excluding carboxylic acids is 1. The number of amides is 1. The molecule has 3 aromatic rings. The van der Waals surface area contributed by atoms with Crippen LogP contribution < -0.4 is 14.3 Å². The molecule has 8 nitrogen and oxygen atoms in total. The average Bonchev–Trinajstić information content (AvgIpc) is 2.74. The van der Waals surface area contributed by atoms with Gasteiger partial charge in [-0.2, -0.15) is 0 Å². The van der Waals surface area contributed by atoms with Crippen molar-refractivity contribution in [3.8, 4) is 5.75 Å². The van der Waals surface area contributed by atoms with Gasteiger partial charge in [-0.3, -0.25) is 9.52 Å². The van der Waals surface area contributed by atoms with Crippen LogP contribution >= 0.6 is 11.9 Å². The van der Waals surface area contributed by atoms with Crippen molar-refractivity contribution in [2.75, 3.05) is 10.0 Å². The molecule has 0 saturated heterocycles. The molecule has 0 bridgehead atoms. The summed E-state index contributed by atoms with van der Waals surface area (Å²) in [6.07, 6.45) is 0. The molecule has 0 unspecified atom stereocenters. The van der Waals surface area contributed by atoms with Gasteiger partial charge in [-0.25, -0.2) is 13.2 Å². The number of anilines is 2. The number of carboxylic acid groups (broad SMARTS) is 1. The minimum atomic E-state index is -3.99. The normalized spacial score (nSPS) is 10.8. The molecule has 10 heteroatoms. The average molecular weight is 447 g/mol. The summed E-state index contributed by atoms with van der Waals surface area (Å²) in [7, 11) is -3.99. The van der Waals surface area contributed by atoms with E-state index in [0.717, 1.165) is 0 Å². The van der Waals surface area contributed by atoms with Gasteiger partial charge in [0.25, 0.3) is 15.9 Å². The highest BCUT2D eigenvalue weighted by molar-refractivity contribution is 7.92. The van der Waals surface area contributed by atoms with Gasteiger partial charge in [-0.15, -0.1) is 0 Å². The van der Waals surface area contributed by atoms with Crippen LogP contribution in [0.25, 0.3) is 0 Å². The number of hydrogen-bond donors (Lipinski definition) is 3. The summed E-state index contributed by atoms with van der Waals surface area (Å²) < 4.78 is 32.2. The molecular formula is C20H15ClN2O6S. The number of carbonyl (C=O) groups is 2. The van der Waals surface area contributed by atoms with Gasteiger partial charge < -0.3 is 14.7 Å². The van der Waals surface area contributed by atoms with E-state index in [1.807, 2.05) is 0 Å². The van der Waals surface area contributed by atoms with Crippen molar-refractivity contribution in [3.63, 3.8) is 0 Å². The Balaban J connectivity index is 1.77. The second-order valence-corrected chi connectivity index (χ2v) is 7.91. The van der Waals surface area contributed by atoms with E-state index in [1.165, 1.54) is 48.5 Å². The van der Waals surface area contributed by atoms with E-state index in [4.69, 9.17) is 17.0 Å². The summed E-state index contributed by atoms with van der Waals surface area (Å²) >= 11 is 5.24. The SMILES string of the molecule is O=C(O)c1ccc(NS(=O)(=O)c2cccc(C(=O)Nc3ccc(OCl)cc3)c2)cc1. The molecule has 0 aliphatic heterocycles. The number of nitrogens with one attached hydrogen (secondary N) is 2. The maximum Gasteiger partial charge on any atom is 0.335 e. The van der Waals surface area contributed by atoms with E-state index in [2.05, 4.69) is 14.3 Å². The fourth-order valence-electron chi connectivity index (χ4n) is 2.49. The van der Waals surface area contributed by atoms with Crippen molar-refractivity contribution < 1.29 is 27.4 Å². The molecule has 0 radical (unpaired) electrons. The van der Waals surface area contributed by atoms with Crippen molar-refractivity contribution in [2.24, 2.45) is 0 Å². The van der Waals surface area contributed by atoms with Crippen LogP contribution in [0.4, 0.5) is 11.4 Å². The minimum Gasteiger partial charge on any atom is -0.478 e. The predicted molar refractivity (Wildman–Crippen MR) is 112 cm³/mol. The fraction of sp³-hybridized carbons (Fsp3) is 0. The first-order valence-electron chi connectivity index (χ1n) is 8.45. The molecule has 0 atom stereocenters. The van der Waals surface area contributed by atoms with E-state index in [9.17, 15) is 18.0 Å². The molecule has 0 fully saturated rings. The van der Waals surface area contributed by atoms with Crippen molar-refractivity contribution in [1.82, 2.24) is 0 Å². The number of hydrogen-bond acceptors (Lipinski definition) is 5. The Bertz CT molecular complexity index is 1180. The molecule has 0 aliphatic rings. The molecule has 1 amide bonds. The van der Waals surface area contributed by atoms with Crippen molar-refractivity contribution in [3.05, 3.63) is 83.9 Å². The van der Waals surface area contributed by atoms with Crippen LogP contribution in [0.5, 0.6) is 5.75 Å². The topological polar surface area (TPSA) is 122 Å². The lowest BCUT2D eigenvalue weighted by molar-refractivity contribution is 0.0696. The number of halogens is 1. The van der Waals surface area contributed by atoms with Crippen LogP contribution in [-0.4, -0.2) is 25.4 Å². The summed E-state index contributed by atoms with van der Waals surface area (Å²) in [5, 5.41) is 11.6. The Labute approximate surface area is 177 Å². The second-order valence-electron chi connectivity index (χ2n) is 6.07. The van der Waals surface area contributed by atoms with Gasteiger partial charge in [-0.1, -0.05) is 6.07 Å². The highest BCUT2D eigenvalue weighted by atomic mass is 35.5. The Morgan fingerprint density at radius 1 is 0.867 bits per heavy atom. The van der Waals surface area contributed by atoms with E-state index in [0.29, 0.717) is 11.4 Å². The number of sulfonamides is 1. The fourth-order valence-corrected chi connectivity index (χ4v) is 3.70. The van der Waals surface area contributed by atoms with Crippen molar-refractivity contribution >= 4 is 45.1 Å². The van der Waals surface area contributed by atoms with E-state index < -0.39 is 21.9 Å². The van der Waals surface area contributed by atoms with E-state index in [-0.39, 0.29) is 21.7 Å². The number of rotatable bonds is 7. The molecule has 30 heavy (non-hydrogen) atoms. The van der Waals surface area contributed by atoms with Gasteiger partial charge >= 0.3 is 5.97 Å². The van der Waals surface area contributed by atoms with Crippen LogP contribution in [0.3, 0.4) is 0 Å². The molecule has 3 aromatic carbocycles. The number of carboxylic acids is 1. The summed E-state index contributed by atoms with van der Waals surface area (Å²) in [5.74, 6) is -1.21. The summed E-state index contributed by atoms with van der Waals surface area (Å²) in [6, 6.07) is 17.0. The van der Waals surface area contributed by atoms with Crippen LogP contribution in [-0.2, 0) is 10.0 Å². The van der Waals surface area contributed by atoms with Gasteiger partial charge in [0.15, 0.2) is 0 Å². The Kier molecular flexibility index (Phi) is 6.24. The number of aromatic carboxylic acids is 1. The first kappa shape index (κ1) is 21.2. The predicted octanol–water partition coefficient (Wildman–Crippen LogP) is 3.97. The smallest absolute Gasteiger partial charge is 0.335 e. The third kappa shape index (κ3) is 5.07. The highest BCUT2D eigenvalue weighted by Gasteiger charge is 2.17. The van der Waals surface area contributed by atoms with Crippen LogP contribution in [0.15, 0.2) is 77.7 Å². The molecule has 3 rings (SSSR count). The Hall–Kier alpha value is -3.56. The van der Waals surface area contributed by atoms with Gasteiger partial charge in [0.05, 0.1) is 10.5 Å². The summed E-state index contributed by atoms with van der Waals surface area (Å²) in [4.78, 5) is 23.2. The molecule has 0 aromatic heterocycles. The van der Waals surface area contributed by atoms with E-state index in [1.54, 1.807) is 24.3 Å². The monoisotopic (exact) mass is 446 g/mol. The third-order valence-electron chi connectivity index (χ3n) is 3.99. The maximum absolute atomic E-state index is 12.6. The van der Waals surface area contributed by atoms with E-state index >= 15 is 0 Å². The molecule has 0 spiro atoms. The van der Waals surface area contributed by atoms with Crippen molar-refractivity contribution in [2.45, 2.75) is 4.90 Å². The zero-order chi connectivity index (χ0) is 21.7. The maximum atomic E-state index is 12.6. The summed E-state index contributed by atoms with van der Waals surface area (Å²) in [5.41, 5.74) is 0.831. The van der Waals surface area contributed by atoms with Gasteiger partial charge in [0.2, 0.25) is 0 Å². The van der Waals surface area contributed by atoms with Gasteiger partial charge in [0.1, 0.15) is 17.6 Å². The lowest BCUT2D eigenvalue weighted by atomic mass is 10.2. The van der Waals surface area contributed by atoms with Gasteiger partial charge in [0, 0.05) is 16.9 Å². The quantitative estimate of drug-likeness (QED) is 0.504. The lowest BCUT2D eigenvalue weighted by Gasteiger charge is -2.10. The lowest BCUT2D eigenvalue weighted by Crippen LogP contribution is -2.16. The molecule has 154 valence electrons. The Morgan fingerprint density at radius 2 is 1.50 bits per heavy atom. The van der Waals surface area contributed by atoms with Crippen LogP contribution in [0.1, 0.15) is 20.7 Å². The van der Waals surface area contributed by atoms with Gasteiger partial charge in [-0.05, 0) is 66.7 Å². The van der Waals surface area contributed by atoms with Crippen LogP contribution in [0.2, 0.25) is 0 Å². The first-order valence-corrected chi connectivity index (χ1v) is 10.2. The summed E-state index contributed by atoms with van der Waals surface area (Å²) in [6.45, 7) is 0. The Morgan fingerprint density at radius 3 is 2.10 bits per heavy atom. The first-order chi connectivity index (χ1) is 14.3. The minimum absolute atomic E-state index is 0.0299. The molecule has 0 aliphatic carbocycles. The zero-order valence-corrected chi connectivity index (χ0v) is 16.8. The molecule has 0 saturated carbocycles. The highest BCUT2D eigenvalue weighted by Crippen LogP contribution is 2.20. The molecular weight excluding hydrogens is 432 g/mol. The van der Waals surface area contributed by atoms with Crippen LogP contribution in [0, 0.1) is 0 Å². The second kappa shape index (κ2) is 8.85. The molecule has 0 heterocycles. The van der Waals surface area contributed by atoms with Crippen molar-refractivity contribution in [1.29, 1.82) is 0 Å². The largest absolute Gasteiger partial charge is 0.478 e.